The normalized spacial score (nSPS) is 12.9. The van der Waals surface area contributed by atoms with Crippen molar-refractivity contribution < 1.29 is 21.6 Å². The van der Waals surface area contributed by atoms with Gasteiger partial charge in [0.2, 0.25) is 10.0 Å². The Hall–Kier alpha value is -0.830. The lowest BCUT2D eigenvalue weighted by atomic mass is 10.1. The molecule has 0 aliphatic heterocycles. The summed E-state index contributed by atoms with van der Waals surface area (Å²) < 4.78 is 63.0. The fourth-order valence-corrected chi connectivity index (χ4v) is 2.91. The Morgan fingerprint density at radius 2 is 1.62 bits per heavy atom. The van der Waals surface area contributed by atoms with E-state index in [9.17, 15) is 21.6 Å². The van der Waals surface area contributed by atoms with Gasteiger partial charge in [-0.3, -0.25) is 0 Å². The molecule has 1 aromatic rings. The zero-order valence-electron chi connectivity index (χ0n) is 11.6. The Kier molecular flexibility index (Phi) is 6.68. The molecule has 21 heavy (non-hydrogen) atoms. The average Bonchev–Trinajstić information content (AvgIpc) is 2.26. The molecule has 0 aromatic heterocycles. The topological polar surface area (TPSA) is 72.2 Å². The maximum Gasteiger partial charge on any atom is 0.393 e. The van der Waals surface area contributed by atoms with Gasteiger partial charge < -0.3 is 5.73 Å². The summed E-state index contributed by atoms with van der Waals surface area (Å²) in [7, 11) is -3.80. The molecule has 3 N–H and O–H groups in total. The van der Waals surface area contributed by atoms with E-state index >= 15 is 0 Å². The second-order valence-corrected chi connectivity index (χ2v) is 6.81. The minimum atomic E-state index is -4.32. The molecule has 1 rings (SSSR count). The third-order valence-electron chi connectivity index (χ3n) is 2.56. The van der Waals surface area contributed by atoms with Gasteiger partial charge in [-0.25, -0.2) is 13.1 Å². The van der Waals surface area contributed by atoms with Gasteiger partial charge >= 0.3 is 6.18 Å². The van der Waals surface area contributed by atoms with E-state index < -0.39 is 28.2 Å². The largest absolute Gasteiger partial charge is 0.393 e. The molecular weight excluding hydrogens is 329 g/mol. The third kappa shape index (κ3) is 6.64. The number of benzene rings is 1. The molecule has 0 amide bonds. The lowest BCUT2D eigenvalue weighted by Gasteiger charge is -2.23. The highest BCUT2D eigenvalue weighted by molar-refractivity contribution is 7.89. The molecule has 0 bridgehead atoms. The van der Waals surface area contributed by atoms with Crippen molar-refractivity contribution in [2.45, 2.75) is 36.9 Å². The molecule has 0 fully saturated rings. The number of halogens is 4. The highest BCUT2D eigenvalue weighted by atomic mass is 35.5. The first kappa shape index (κ1) is 20.2. The van der Waals surface area contributed by atoms with Gasteiger partial charge in [0, 0.05) is 12.1 Å². The van der Waals surface area contributed by atoms with Gasteiger partial charge in [-0.05, 0) is 31.5 Å². The number of nitrogens with two attached hydrogens (primary N) is 1. The third-order valence-corrected chi connectivity index (χ3v) is 4.27. The predicted molar refractivity (Wildman–Crippen MR) is 76.9 cm³/mol. The van der Waals surface area contributed by atoms with E-state index in [0.29, 0.717) is 0 Å². The first-order valence-corrected chi connectivity index (χ1v) is 7.33. The Labute approximate surface area is 128 Å². The molecular formula is C12H18ClF3N2O2S. The Morgan fingerprint density at radius 1 is 1.14 bits per heavy atom. The molecule has 0 spiro atoms. The molecule has 0 aliphatic rings. The molecule has 0 saturated heterocycles. The minimum absolute atomic E-state index is 0. The van der Waals surface area contributed by atoms with Crippen molar-refractivity contribution in [3.8, 4) is 0 Å². The number of rotatable bonds is 5. The van der Waals surface area contributed by atoms with Gasteiger partial charge in [0.15, 0.2) is 0 Å². The molecule has 0 atom stereocenters. The molecule has 0 radical (unpaired) electrons. The van der Waals surface area contributed by atoms with E-state index in [1.807, 2.05) is 0 Å². The summed E-state index contributed by atoms with van der Waals surface area (Å²) >= 11 is 0. The maximum absolute atomic E-state index is 12.2. The van der Waals surface area contributed by atoms with Crippen LogP contribution in [0.3, 0.4) is 0 Å². The highest BCUT2D eigenvalue weighted by Crippen LogP contribution is 2.22. The van der Waals surface area contributed by atoms with Gasteiger partial charge in [-0.1, -0.05) is 12.1 Å². The number of hydrogen-bond acceptors (Lipinski definition) is 3. The lowest BCUT2D eigenvalue weighted by Crippen LogP contribution is -2.48. The van der Waals surface area contributed by atoms with Crippen LogP contribution in [-0.4, -0.2) is 26.7 Å². The lowest BCUT2D eigenvalue weighted by molar-refractivity contribution is -0.127. The summed E-state index contributed by atoms with van der Waals surface area (Å²) in [4.78, 5) is -0.0926. The van der Waals surface area contributed by atoms with Crippen LogP contribution in [0.15, 0.2) is 29.2 Å². The van der Waals surface area contributed by atoms with Gasteiger partial charge in [-0.2, -0.15) is 13.2 Å². The fraction of sp³-hybridized carbons (Fsp3) is 0.500. The molecule has 4 nitrogen and oxygen atoms in total. The van der Waals surface area contributed by atoms with Gasteiger partial charge in [0.25, 0.3) is 0 Å². The summed E-state index contributed by atoms with van der Waals surface area (Å²) in [6.45, 7) is 3.32. The molecule has 9 heteroatoms. The molecule has 0 heterocycles. The number of alkyl halides is 3. The smallest absolute Gasteiger partial charge is 0.329 e. The van der Waals surface area contributed by atoms with Crippen LogP contribution in [0.25, 0.3) is 0 Å². The van der Waals surface area contributed by atoms with Crippen LogP contribution in [0.1, 0.15) is 19.4 Å². The first-order valence-electron chi connectivity index (χ1n) is 5.85. The van der Waals surface area contributed by atoms with Gasteiger partial charge in [0.05, 0.1) is 11.3 Å². The second kappa shape index (κ2) is 6.95. The van der Waals surface area contributed by atoms with E-state index in [2.05, 4.69) is 4.72 Å². The van der Waals surface area contributed by atoms with Crippen LogP contribution in [0.2, 0.25) is 0 Å². The molecule has 0 unspecified atom stereocenters. The zero-order chi connectivity index (χ0) is 15.6. The SMILES string of the molecule is CC(C)(CN)NS(=O)(=O)c1ccc(CC(F)(F)F)cc1.Cl. The zero-order valence-corrected chi connectivity index (χ0v) is 13.2. The number of sulfonamides is 1. The van der Waals surface area contributed by atoms with Crippen molar-refractivity contribution >= 4 is 22.4 Å². The fourth-order valence-electron chi connectivity index (χ4n) is 1.48. The summed E-state index contributed by atoms with van der Waals surface area (Å²) in [5, 5.41) is 0. The van der Waals surface area contributed by atoms with E-state index in [1.165, 1.54) is 0 Å². The predicted octanol–water partition coefficient (Wildman–Crippen LogP) is 2.23. The quantitative estimate of drug-likeness (QED) is 0.858. The van der Waals surface area contributed by atoms with Crippen LogP contribution in [0, 0.1) is 0 Å². The van der Waals surface area contributed by atoms with Crippen molar-refractivity contribution in [3.63, 3.8) is 0 Å². The van der Waals surface area contributed by atoms with E-state index in [1.54, 1.807) is 13.8 Å². The van der Waals surface area contributed by atoms with Crippen molar-refractivity contribution in [2.24, 2.45) is 5.73 Å². The van der Waals surface area contributed by atoms with Crippen LogP contribution in [0.4, 0.5) is 13.2 Å². The molecule has 0 aliphatic carbocycles. The molecule has 0 saturated carbocycles. The molecule has 122 valence electrons. The van der Waals surface area contributed by atoms with E-state index in [4.69, 9.17) is 5.73 Å². The Morgan fingerprint density at radius 3 is 2.00 bits per heavy atom. The van der Waals surface area contributed by atoms with Crippen LogP contribution in [-0.2, 0) is 16.4 Å². The van der Waals surface area contributed by atoms with E-state index in [0.717, 1.165) is 24.3 Å². The van der Waals surface area contributed by atoms with Crippen LogP contribution < -0.4 is 10.5 Å². The monoisotopic (exact) mass is 346 g/mol. The second-order valence-electron chi connectivity index (χ2n) is 5.13. The Balaban J connectivity index is 0.00000400. The summed E-state index contributed by atoms with van der Waals surface area (Å²) in [6.07, 6.45) is -5.41. The van der Waals surface area contributed by atoms with Crippen LogP contribution >= 0.6 is 12.4 Å². The first-order chi connectivity index (χ1) is 8.95. The minimum Gasteiger partial charge on any atom is -0.329 e. The average molecular weight is 347 g/mol. The maximum atomic E-state index is 12.2. The number of nitrogens with one attached hydrogen (secondary N) is 1. The summed E-state index contributed by atoms with van der Waals surface area (Å²) in [5.41, 5.74) is 4.61. The van der Waals surface area contributed by atoms with Crippen molar-refractivity contribution in [3.05, 3.63) is 29.8 Å². The van der Waals surface area contributed by atoms with Gasteiger partial charge in [0.1, 0.15) is 0 Å². The molecule has 1 aromatic carbocycles. The van der Waals surface area contributed by atoms with Crippen molar-refractivity contribution in [1.82, 2.24) is 4.72 Å². The summed E-state index contributed by atoms with van der Waals surface area (Å²) in [6, 6.07) is 4.60. The van der Waals surface area contributed by atoms with Crippen LogP contribution in [0.5, 0.6) is 0 Å². The standard InChI is InChI=1S/C12H17F3N2O2S.ClH/c1-11(2,8-16)17-20(18,19)10-5-3-9(4-6-10)7-12(13,14)15;/h3-6,17H,7-8,16H2,1-2H3;1H. The van der Waals surface area contributed by atoms with Crippen molar-refractivity contribution in [2.75, 3.05) is 6.54 Å². The summed E-state index contributed by atoms with van der Waals surface area (Å²) in [5.74, 6) is 0. The van der Waals surface area contributed by atoms with Crippen molar-refractivity contribution in [1.29, 1.82) is 0 Å². The highest BCUT2D eigenvalue weighted by Gasteiger charge is 2.28. The Bertz CT molecular complexity index is 557. The van der Waals surface area contributed by atoms with Gasteiger partial charge in [-0.15, -0.1) is 12.4 Å². The van der Waals surface area contributed by atoms with E-state index in [-0.39, 0.29) is 29.4 Å². The number of hydrogen-bond donors (Lipinski definition) is 2.